The molecule has 0 aliphatic carbocycles. The zero-order chi connectivity index (χ0) is 18.3. The van der Waals surface area contributed by atoms with Crippen molar-refractivity contribution in [1.82, 2.24) is 19.3 Å². The molecule has 6 heteroatoms. The fourth-order valence-corrected chi connectivity index (χ4v) is 4.00. The fraction of sp³-hybridized carbons (Fsp3) is 0.200. The maximum Gasteiger partial charge on any atom is 0.137 e. The molecule has 2 aromatic heterocycles. The van der Waals surface area contributed by atoms with E-state index in [0.717, 1.165) is 22.3 Å². The average Bonchev–Trinajstić information content (AvgIpc) is 3.25. The molecule has 0 bridgehead atoms. The molecule has 1 unspecified atom stereocenters. The molecule has 26 heavy (non-hydrogen) atoms. The van der Waals surface area contributed by atoms with Crippen molar-refractivity contribution < 1.29 is 4.39 Å². The van der Waals surface area contributed by atoms with E-state index in [-0.39, 0.29) is 11.9 Å². The van der Waals surface area contributed by atoms with Crippen molar-refractivity contribution in [2.45, 2.75) is 26.4 Å². The monoisotopic (exact) mass is 412 g/mol. The van der Waals surface area contributed by atoms with Gasteiger partial charge in [0.2, 0.25) is 0 Å². The van der Waals surface area contributed by atoms with Crippen molar-refractivity contribution in [1.29, 1.82) is 0 Å². The summed E-state index contributed by atoms with van der Waals surface area (Å²) >= 11 is 3.57. The Labute approximate surface area is 159 Å². The van der Waals surface area contributed by atoms with Gasteiger partial charge in [-0.05, 0) is 55.3 Å². The molecular formula is C20H18BrFN4. The van der Waals surface area contributed by atoms with Gasteiger partial charge in [-0.2, -0.15) is 5.10 Å². The summed E-state index contributed by atoms with van der Waals surface area (Å²) in [5.74, 6) is -0.247. The third-order valence-electron chi connectivity index (χ3n) is 4.79. The first-order valence-electron chi connectivity index (χ1n) is 8.48. The van der Waals surface area contributed by atoms with E-state index in [4.69, 9.17) is 0 Å². The van der Waals surface area contributed by atoms with Gasteiger partial charge in [0.05, 0.1) is 5.69 Å². The van der Waals surface area contributed by atoms with Crippen LogP contribution in [0.1, 0.15) is 29.8 Å². The van der Waals surface area contributed by atoms with E-state index in [1.807, 2.05) is 16.8 Å². The van der Waals surface area contributed by atoms with Crippen LogP contribution in [0.15, 0.2) is 59.6 Å². The van der Waals surface area contributed by atoms with Gasteiger partial charge >= 0.3 is 0 Å². The Balaban J connectivity index is 2.02. The predicted molar refractivity (Wildman–Crippen MR) is 104 cm³/mol. The number of hydrogen-bond acceptors (Lipinski definition) is 2. The number of halogens is 2. The molecule has 0 N–H and O–H groups in total. The van der Waals surface area contributed by atoms with E-state index < -0.39 is 0 Å². The van der Waals surface area contributed by atoms with Crippen molar-refractivity contribution in [3.05, 3.63) is 82.2 Å². The lowest BCUT2D eigenvalue weighted by molar-refractivity contribution is 0.548. The Morgan fingerprint density at radius 3 is 2.58 bits per heavy atom. The van der Waals surface area contributed by atoms with Gasteiger partial charge in [-0.1, -0.05) is 28.1 Å². The molecule has 0 saturated carbocycles. The van der Waals surface area contributed by atoms with Crippen LogP contribution in [0, 0.1) is 12.7 Å². The van der Waals surface area contributed by atoms with Crippen LogP contribution in [0.4, 0.5) is 4.39 Å². The van der Waals surface area contributed by atoms with Crippen LogP contribution in [-0.4, -0.2) is 19.3 Å². The fourth-order valence-electron chi connectivity index (χ4n) is 3.64. The van der Waals surface area contributed by atoms with Crippen LogP contribution in [0.3, 0.4) is 0 Å². The molecule has 0 radical (unpaired) electrons. The lowest BCUT2D eigenvalue weighted by atomic mass is 10.00. The van der Waals surface area contributed by atoms with Gasteiger partial charge in [0.1, 0.15) is 24.5 Å². The second-order valence-corrected chi connectivity index (χ2v) is 7.16. The van der Waals surface area contributed by atoms with Gasteiger partial charge in [0.15, 0.2) is 0 Å². The van der Waals surface area contributed by atoms with Crippen molar-refractivity contribution in [3.63, 3.8) is 0 Å². The van der Waals surface area contributed by atoms with Gasteiger partial charge in [-0.3, -0.25) is 0 Å². The van der Waals surface area contributed by atoms with Gasteiger partial charge in [0, 0.05) is 21.9 Å². The van der Waals surface area contributed by atoms with E-state index in [1.54, 1.807) is 6.33 Å². The summed E-state index contributed by atoms with van der Waals surface area (Å²) in [6, 6.07) is 12.8. The van der Waals surface area contributed by atoms with E-state index >= 15 is 0 Å². The first kappa shape index (κ1) is 17.0. The summed E-state index contributed by atoms with van der Waals surface area (Å²) in [4.78, 5) is 4.13. The van der Waals surface area contributed by atoms with Crippen molar-refractivity contribution >= 4 is 26.8 Å². The van der Waals surface area contributed by atoms with Crippen LogP contribution >= 0.6 is 15.9 Å². The lowest BCUT2D eigenvalue weighted by Gasteiger charge is -2.21. The number of hydrogen-bond donors (Lipinski definition) is 0. The standard InChI is InChI=1S/C20H18BrFN4/c1-3-25-18-9-6-15(21)10-17(18)13(2)19(25)20(26-12-23-11-24-26)14-4-7-16(22)8-5-14/h4-12,20H,3H2,1-2H3. The van der Waals surface area contributed by atoms with E-state index in [2.05, 4.69) is 62.6 Å². The van der Waals surface area contributed by atoms with Gasteiger partial charge < -0.3 is 4.57 Å². The van der Waals surface area contributed by atoms with Gasteiger partial charge in [-0.25, -0.2) is 14.1 Å². The molecule has 0 aliphatic heterocycles. The van der Waals surface area contributed by atoms with E-state index in [1.165, 1.54) is 34.9 Å². The second kappa shape index (κ2) is 6.68. The minimum absolute atomic E-state index is 0.177. The van der Waals surface area contributed by atoms with E-state index in [0.29, 0.717) is 0 Å². The van der Waals surface area contributed by atoms with Gasteiger partial charge in [-0.15, -0.1) is 0 Å². The Morgan fingerprint density at radius 2 is 1.92 bits per heavy atom. The third-order valence-corrected chi connectivity index (χ3v) is 5.28. The lowest BCUT2D eigenvalue weighted by Crippen LogP contribution is -2.18. The average molecular weight is 413 g/mol. The van der Waals surface area contributed by atoms with Crippen molar-refractivity contribution in [2.75, 3.05) is 0 Å². The molecule has 0 spiro atoms. The molecular weight excluding hydrogens is 395 g/mol. The Hall–Kier alpha value is -2.47. The summed E-state index contributed by atoms with van der Waals surface area (Å²) in [6.07, 6.45) is 3.24. The minimum atomic E-state index is -0.247. The number of fused-ring (bicyclic) bond motifs is 1. The molecule has 1 atom stereocenters. The first-order valence-corrected chi connectivity index (χ1v) is 9.27. The highest BCUT2D eigenvalue weighted by Crippen LogP contribution is 2.36. The molecule has 4 nitrogen and oxygen atoms in total. The SMILES string of the molecule is CCn1c(C(c2ccc(F)cc2)n2cncn2)c(C)c2cc(Br)ccc21. The maximum atomic E-state index is 13.5. The molecule has 0 fully saturated rings. The third kappa shape index (κ3) is 2.74. The Morgan fingerprint density at radius 1 is 1.15 bits per heavy atom. The second-order valence-electron chi connectivity index (χ2n) is 6.25. The van der Waals surface area contributed by atoms with Crippen LogP contribution in [0.2, 0.25) is 0 Å². The topological polar surface area (TPSA) is 35.6 Å². The summed E-state index contributed by atoms with van der Waals surface area (Å²) in [7, 11) is 0. The highest BCUT2D eigenvalue weighted by atomic mass is 79.9. The molecule has 0 saturated heterocycles. The Kier molecular flexibility index (Phi) is 4.36. The number of aryl methyl sites for hydroxylation is 2. The zero-order valence-electron chi connectivity index (χ0n) is 14.5. The Bertz CT molecular complexity index is 1050. The quantitative estimate of drug-likeness (QED) is 0.467. The normalized spacial score (nSPS) is 12.6. The molecule has 0 aliphatic rings. The van der Waals surface area contributed by atoms with Crippen LogP contribution < -0.4 is 0 Å². The molecule has 132 valence electrons. The zero-order valence-corrected chi connectivity index (χ0v) is 16.1. The summed E-state index contributed by atoms with van der Waals surface area (Å²) in [6.45, 7) is 5.09. The highest BCUT2D eigenvalue weighted by Gasteiger charge is 2.25. The smallest absolute Gasteiger partial charge is 0.137 e. The first-order chi connectivity index (χ1) is 12.6. The van der Waals surface area contributed by atoms with Crippen molar-refractivity contribution in [2.24, 2.45) is 0 Å². The molecule has 0 amide bonds. The maximum absolute atomic E-state index is 13.5. The van der Waals surface area contributed by atoms with Gasteiger partial charge in [0.25, 0.3) is 0 Å². The number of aromatic nitrogens is 4. The predicted octanol–water partition coefficient (Wildman–Crippen LogP) is 5.10. The molecule has 4 aromatic rings. The number of benzene rings is 2. The van der Waals surface area contributed by atoms with Crippen molar-refractivity contribution in [3.8, 4) is 0 Å². The highest BCUT2D eigenvalue weighted by molar-refractivity contribution is 9.10. The minimum Gasteiger partial charge on any atom is -0.342 e. The molecule has 4 rings (SSSR count). The van der Waals surface area contributed by atoms with Crippen LogP contribution in [0.25, 0.3) is 10.9 Å². The van der Waals surface area contributed by atoms with Crippen LogP contribution in [-0.2, 0) is 6.54 Å². The molecule has 2 heterocycles. The molecule has 2 aromatic carbocycles. The number of nitrogens with zero attached hydrogens (tertiary/aromatic N) is 4. The largest absolute Gasteiger partial charge is 0.342 e. The van der Waals surface area contributed by atoms with Crippen LogP contribution in [0.5, 0.6) is 0 Å². The summed E-state index contributed by atoms with van der Waals surface area (Å²) in [5, 5.41) is 5.58. The summed E-state index contributed by atoms with van der Waals surface area (Å²) < 4.78 is 18.7. The van der Waals surface area contributed by atoms with E-state index in [9.17, 15) is 4.39 Å². The number of rotatable bonds is 4. The summed E-state index contributed by atoms with van der Waals surface area (Å²) in [5.41, 5.74) is 4.47.